The van der Waals surface area contributed by atoms with Crippen LogP contribution < -0.4 is 5.32 Å². The van der Waals surface area contributed by atoms with Crippen LogP contribution in [0.3, 0.4) is 0 Å². The summed E-state index contributed by atoms with van der Waals surface area (Å²) >= 11 is 0. The van der Waals surface area contributed by atoms with Gasteiger partial charge in [0.25, 0.3) is 0 Å². The maximum Gasteiger partial charge on any atom is 0.0671 e. The van der Waals surface area contributed by atoms with E-state index in [9.17, 15) is 5.11 Å². The van der Waals surface area contributed by atoms with Gasteiger partial charge in [0.05, 0.1) is 31.0 Å². The van der Waals surface area contributed by atoms with Crippen molar-refractivity contribution in [2.45, 2.75) is 63.7 Å². The normalized spacial score (nSPS) is 28.0. The summed E-state index contributed by atoms with van der Waals surface area (Å²) < 4.78 is 11.4. The highest BCUT2D eigenvalue weighted by Gasteiger charge is 2.27. The molecule has 0 radical (unpaired) electrons. The Morgan fingerprint density at radius 2 is 2.06 bits per heavy atom. The van der Waals surface area contributed by atoms with Gasteiger partial charge >= 0.3 is 0 Å². The fourth-order valence-electron chi connectivity index (χ4n) is 2.35. The van der Waals surface area contributed by atoms with E-state index in [0.717, 1.165) is 32.2 Å². The minimum atomic E-state index is -0.323. The summed E-state index contributed by atoms with van der Waals surface area (Å²) in [7, 11) is 1.77. The molecule has 1 aliphatic carbocycles. The largest absolute Gasteiger partial charge is 0.394 e. The van der Waals surface area contributed by atoms with E-state index in [-0.39, 0.29) is 18.2 Å². The summed E-state index contributed by atoms with van der Waals surface area (Å²) in [6.45, 7) is 5.71. The molecule has 4 nitrogen and oxygen atoms in total. The van der Waals surface area contributed by atoms with Gasteiger partial charge in [-0.15, -0.1) is 0 Å². The average molecular weight is 259 g/mol. The van der Waals surface area contributed by atoms with E-state index in [0.29, 0.717) is 12.7 Å². The lowest BCUT2D eigenvalue weighted by Gasteiger charge is -2.33. The Bertz CT molecular complexity index is 225. The molecule has 0 spiro atoms. The molecule has 1 aliphatic rings. The van der Waals surface area contributed by atoms with Gasteiger partial charge in [0, 0.05) is 7.11 Å². The molecule has 0 aromatic rings. The van der Waals surface area contributed by atoms with Crippen molar-refractivity contribution in [1.29, 1.82) is 0 Å². The first-order valence-corrected chi connectivity index (χ1v) is 7.14. The second-order valence-corrected chi connectivity index (χ2v) is 5.60. The van der Waals surface area contributed by atoms with Gasteiger partial charge in [0.1, 0.15) is 0 Å². The highest BCUT2D eigenvalue weighted by Crippen LogP contribution is 2.23. The smallest absolute Gasteiger partial charge is 0.0671 e. The molecule has 0 amide bonds. The molecule has 0 aliphatic heterocycles. The molecule has 0 bridgehead atoms. The second kappa shape index (κ2) is 8.10. The second-order valence-electron chi connectivity index (χ2n) is 5.60. The number of nitrogens with one attached hydrogen (secondary N) is 1. The lowest BCUT2D eigenvalue weighted by Crippen LogP contribution is -2.50. The standard InChI is InChI=1S/C14H29NO3/c1-4-8-15-14(2,10-16)11-18-13-7-5-6-12(9-13)17-3/h12-13,15-16H,4-11H2,1-3H3. The predicted molar refractivity (Wildman–Crippen MR) is 72.8 cm³/mol. The fourth-order valence-corrected chi connectivity index (χ4v) is 2.35. The molecule has 0 aromatic carbocycles. The first-order chi connectivity index (χ1) is 8.63. The maximum absolute atomic E-state index is 9.47. The fraction of sp³-hybridized carbons (Fsp3) is 1.00. The predicted octanol–water partition coefficient (Wildman–Crippen LogP) is 1.71. The number of aliphatic hydroxyl groups excluding tert-OH is 1. The van der Waals surface area contributed by atoms with Gasteiger partial charge in [-0.2, -0.15) is 0 Å². The van der Waals surface area contributed by atoms with Crippen molar-refractivity contribution in [2.24, 2.45) is 0 Å². The van der Waals surface area contributed by atoms with Gasteiger partial charge in [0.2, 0.25) is 0 Å². The van der Waals surface area contributed by atoms with Gasteiger partial charge in [0.15, 0.2) is 0 Å². The lowest BCUT2D eigenvalue weighted by molar-refractivity contribution is -0.0535. The SMILES string of the molecule is CCCNC(C)(CO)COC1CCCC(OC)C1. The number of ether oxygens (including phenoxy) is 2. The molecular formula is C14H29NO3. The summed E-state index contributed by atoms with van der Waals surface area (Å²) in [6, 6.07) is 0. The Morgan fingerprint density at radius 3 is 2.67 bits per heavy atom. The summed E-state index contributed by atoms with van der Waals surface area (Å²) in [6.07, 6.45) is 6.07. The van der Waals surface area contributed by atoms with Gasteiger partial charge in [-0.25, -0.2) is 0 Å². The van der Waals surface area contributed by atoms with E-state index >= 15 is 0 Å². The van der Waals surface area contributed by atoms with Crippen LogP contribution in [0.15, 0.2) is 0 Å². The number of hydrogen-bond donors (Lipinski definition) is 2. The zero-order valence-corrected chi connectivity index (χ0v) is 12.1. The Hall–Kier alpha value is -0.160. The zero-order chi connectivity index (χ0) is 13.4. The first kappa shape index (κ1) is 15.9. The Balaban J connectivity index is 2.32. The van der Waals surface area contributed by atoms with E-state index < -0.39 is 0 Å². The molecule has 3 unspecified atom stereocenters. The highest BCUT2D eigenvalue weighted by molar-refractivity contribution is 4.83. The summed E-state index contributed by atoms with van der Waals surface area (Å²) in [4.78, 5) is 0. The Kier molecular flexibility index (Phi) is 7.15. The van der Waals surface area contributed by atoms with E-state index in [1.54, 1.807) is 7.11 Å². The van der Waals surface area contributed by atoms with Gasteiger partial charge in [-0.1, -0.05) is 6.92 Å². The molecule has 4 heteroatoms. The van der Waals surface area contributed by atoms with Gasteiger partial charge in [-0.05, 0) is 45.6 Å². The van der Waals surface area contributed by atoms with Crippen molar-refractivity contribution in [3.8, 4) is 0 Å². The molecule has 0 heterocycles. The van der Waals surface area contributed by atoms with Crippen molar-refractivity contribution < 1.29 is 14.6 Å². The molecule has 0 saturated heterocycles. The Morgan fingerprint density at radius 1 is 1.33 bits per heavy atom. The monoisotopic (exact) mass is 259 g/mol. The van der Waals surface area contributed by atoms with Crippen LogP contribution in [-0.4, -0.2) is 49.7 Å². The summed E-state index contributed by atoms with van der Waals surface area (Å²) in [5.74, 6) is 0. The van der Waals surface area contributed by atoms with Crippen LogP contribution in [0.1, 0.15) is 46.0 Å². The zero-order valence-electron chi connectivity index (χ0n) is 12.1. The number of rotatable bonds is 8. The van der Waals surface area contributed by atoms with E-state index in [4.69, 9.17) is 9.47 Å². The molecule has 0 aromatic heterocycles. The van der Waals surface area contributed by atoms with Crippen molar-refractivity contribution in [2.75, 3.05) is 26.9 Å². The molecule has 1 saturated carbocycles. The molecule has 18 heavy (non-hydrogen) atoms. The molecule has 108 valence electrons. The minimum absolute atomic E-state index is 0.105. The van der Waals surface area contributed by atoms with Crippen LogP contribution in [0.25, 0.3) is 0 Å². The minimum Gasteiger partial charge on any atom is -0.394 e. The van der Waals surface area contributed by atoms with E-state index in [2.05, 4.69) is 12.2 Å². The van der Waals surface area contributed by atoms with Crippen LogP contribution in [0.4, 0.5) is 0 Å². The van der Waals surface area contributed by atoms with Crippen molar-refractivity contribution in [3.63, 3.8) is 0 Å². The summed E-state index contributed by atoms with van der Waals surface area (Å²) in [5.41, 5.74) is -0.323. The highest BCUT2D eigenvalue weighted by atomic mass is 16.5. The van der Waals surface area contributed by atoms with Crippen LogP contribution in [-0.2, 0) is 9.47 Å². The maximum atomic E-state index is 9.47. The van der Waals surface area contributed by atoms with Crippen LogP contribution >= 0.6 is 0 Å². The summed E-state index contributed by atoms with van der Waals surface area (Å²) in [5, 5.41) is 12.8. The van der Waals surface area contributed by atoms with Crippen molar-refractivity contribution in [3.05, 3.63) is 0 Å². The van der Waals surface area contributed by atoms with E-state index in [1.807, 2.05) is 6.92 Å². The third kappa shape index (κ3) is 5.22. The third-order valence-electron chi connectivity index (χ3n) is 3.70. The first-order valence-electron chi connectivity index (χ1n) is 7.14. The molecule has 1 rings (SSSR count). The topological polar surface area (TPSA) is 50.7 Å². The third-order valence-corrected chi connectivity index (χ3v) is 3.70. The van der Waals surface area contributed by atoms with Crippen molar-refractivity contribution >= 4 is 0 Å². The average Bonchev–Trinajstić information content (AvgIpc) is 2.43. The quantitative estimate of drug-likeness (QED) is 0.697. The molecule has 3 atom stereocenters. The molecule has 1 fully saturated rings. The van der Waals surface area contributed by atoms with E-state index in [1.165, 1.54) is 6.42 Å². The van der Waals surface area contributed by atoms with Gasteiger partial charge < -0.3 is 19.9 Å². The van der Waals surface area contributed by atoms with Crippen LogP contribution in [0, 0.1) is 0 Å². The number of methoxy groups -OCH3 is 1. The van der Waals surface area contributed by atoms with Crippen LogP contribution in [0.5, 0.6) is 0 Å². The Labute approximate surface area is 111 Å². The van der Waals surface area contributed by atoms with Gasteiger partial charge in [-0.3, -0.25) is 0 Å². The lowest BCUT2D eigenvalue weighted by atomic mass is 9.94. The molecule has 2 N–H and O–H groups in total. The van der Waals surface area contributed by atoms with Crippen LogP contribution in [0.2, 0.25) is 0 Å². The molecular weight excluding hydrogens is 230 g/mol. The number of aliphatic hydroxyl groups is 1. The van der Waals surface area contributed by atoms with Crippen molar-refractivity contribution in [1.82, 2.24) is 5.32 Å². The number of hydrogen-bond acceptors (Lipinski definition) is 4.